The molecule has 0 aromatic carbocycles. The fraction of sp³-hybridized carbons (Fsp3) is 0.833. The minimum Gasteiger partial charge on any atom is -0.444 e. The van der Waals surface area contributed by atoms with E-state index in [1.165, 1.54) is 0 Å². The molecule has 0 rings (SSSR count). The zero-order valence-corrected chi connectivity index (χ0v) is 11.4. The quantitative estimate of drug-likeness (QED) is 0.723. The minimum absolute atomic E-state index is 0.00555. The van der Waals surface area contributed by atoms with Crippen LogP contribution in [0.3, 0.4) is 0 Å². The van der Waals surface area contributed by atoms with Crippen molar-refractivity contribution in [3.05, 3.63) is 0 Å². The summed E-state index contributed by atoms with van der Waals surface area (Å²) in [6, 6.07) is 0. The standard InChI is InChI=1S/C12H24N2O3/c1-9(2)8-10(15)13-6-7-14-11(16)17-12(3,4)5/h9H,6-8H2,1-5H3,(H,13,15)(H,14,16). The summed E-state index contributed by atoms with van der Waals surface area (Å²) < 4.78 is 5.05. The summed E-state index contributed by atoms with van der Waals surface area (Å²) in [5, 5.41) is 5.29. The Morgan fingerprint density at radius 3 is 2.12 bits per heavy atom. The number of carbonyl (C=O) groups is 2. The first-order chi connectivity index (χ1) is 7.70. The van der Waals surface area contributed by atoms with Crippen LogP contribution in [-0.2, 0) is 9.53 Å². The fourth-order valence-electron chi connectivity index (χ4n) is 1.12. The number of alkyl carbamates (subject to hydrolysis) is 1. The third-order valence-electron chi connectivity index (χ3n) is 1.71. The number of hydrogen-bond acceptors (Lipinski definition) is 3. The first-order valence-corrected chi connectivity index (χ1v) is 5.94. The lowest BCUT2D eigenvalue weighted by molar-refractivity contribution is -0.121. The molecule has 2 amide bonds. The molecule has 0 aliphatic rings. The molecule has 0 aromatic rings. The summed E-state index contributed by atoms with van der Waals surface area (Å²) >= 11 is 0. The summed E-state index contributed by atoms with van der Waals surface area (Å²) in [7, 11) is 0. The van der Waals surface area contributed by atoms with Crippen molar-refractivity contribution in [2.75, 3.05) is 13.1 Å². The Hall–Kier alpha value is -1.26. The van der Waals surface area contributed by atoms with Gasteiger partial charge >= 0.3 is 6.09 Å². The van der Waals surface area contributed by atoms with E-state index in [0.29, 0.717) is 25.4 Å². The van der Waals surface area contributed by atoms with E-state index >= 15 is 0 Å². The van der Waals surface area contributed by atoms with E-state index in [4.69, 9.17) is 4.74 Å². The molecule has 0 heterocycles. The number of amides is 2. The van der Waals surface area contributed by atoms with Gasteiger partial charge in [-0.15, -0.1) is 0 Å². The lowest BCUT2D eigenvalue weighted by Gasteiger charge is -2.19. The van der Waals surface area contributed by atoms with E-state index < -0.39 is 11.7 Å². The molecule has 5 heteroatoms. The molecule has 0 aliphatic carbocycles. The first kappa shape index (κ1) is 15.7. The lowest BCUT2D eigenvalue weighted by atomic mass is 10.1. The van der Waals surface area contributed by atoms with Gasteiger partial charge in [-0.3, -0.25) is 4.79 Å². The zero-order valence-electron chi connectivity index (χ0n) is 11.4. The molecular formula is C12H24N2O3. The average Bonchev–Trinajstić information content (AvgIpc) is 2.08. The highest BCUT2D eigenvalue weighted by molar-refractivity contribution is 5.76. The molecule has 0 atom stereocenters. The van der Waals surface area contributed by atoms with Gasteiger partial charge in [-0.1, -0.05) is 13.8 Å². The lowest BCUT2D eigenvalue weighted by Crippen LogP contribution is -2.38. The van der Waals surface area contributed by atoms with Gasteiger partial charge in [0.15, 0.2) is 0 Å². The van der Waals surface area contributed by atoms with E-state index in [9.17, 15) is 9.59 Å². The summed E-state index contributed by atoms with van der Waals surface area (Å²) in [4.78, 5) is 22.5. The van der Waals surface area contributed by atoms with Crippen molar-refractivity contribution in [2.24, 2.45) is 5.92 Å². The molecule has 0 bridgehead atoms. The predicted molar refractivity (Wildman–Crippen MR) is 66.7 cm³/mol. The Balaban J connectivity index is 3.58. The van der Waals surface area contributed by atoms with Crippen LogP contribution in [0, 0.1) is 5.92 Å². The van der Waals surface area contributed by atoms with Gasteiger partial charge in [0.05, 0.1) is 0 Å². The highest BCUT2D eigenvalue weighted by atomic mass is 16.6. The second kappa shape index (κ2) is 7.14. The van der Waals surface area contributed by atoms with Crippen molar-refractivity contribution in [1.82, 2.24) is 10.6 Å². The van der Waals surface area contributed by atoms with E-state index in [-0.39, 0.29) is 5.91 Å². The topological polar surface area (TPSA) is 67.4 Å². The molecule has 17 heavy (non-hydrogen) atoms. The van der Waals surface area contributed by atoms with Crippen molar-refractivity contribution in [2.45, 2.75) is 46.6 Å². The molecular weight excluding hydrogens is 220 g/mol. The van der Waals surface area contributed by atoms with Gasteiger partial charge < -0.3 is 15.4 Å². The molecule has 0 radical (unpaired) electrons. The van der Waals surface area contributed by atoms with Crippen LogP contribution >= 0.6 is 0 Å². The second-order valence-corrected chi connectivity index (χ2v) is 5.38. The summed E-state index contributed by atoms with van der Waals surface area (Å²) in [5.74, 6) is 0.347. The second-order valence-electron chi connectivity index (χ2n) is 5.38. The fourth-order valence-corrected chi connectivity index (χ4v) is 1.12. The molecule has 0 aromatic heterocycles. The average molecular weight is 244 g/mol. The van der Waals surface area contributed by atoms with E-state index in [0.717, 1.165) is 0 Å². The third kappa shape index (κ3) is 11.0. The normalized spacial score (nSPS) is 11.2. The third-order valence-corrected chi connectivity index (χ3v) is 1.71. The van der Waals surface area contributed by atoms with Crippen LogP contribution < -0.4 is 10.6 Å². The monoisotopic (exact) mass is 244 g/mol. The van der Waals surface area contributed by atoms with Gasteiger partial charge in [-0.25, -0.2) is 4.79 Å². The number of carbonyl (C=O) groups excluding carboxylic acids is 2. The Bertz CT molecular complexity index is 257. The van der Waals surface area contributed by atoms with Crippen molar-refractivity contribution in [3.8, 4) is 0 Å². The molecule has 0 spiro atoms. The van der Waals surface area contributed by atoms with Crippen molar-refractivity contribution < 1.29 is 14.3 Å². The molecule has 0 saturated carbocycles. The zero-order chi connectivity index (χ0) is 13.5. The minimum atomic E-state index is -0.495. The largest absolute Gasteiger partial charge is 0.444 e. The molecule has 2 N–H and O–H groups in total. The Morgan fingerprint density at radius 2 is 1.65 bits per heavy atom. The smallest absolute Gasteiger partial charge is 0.407 e. The van der Waals surface area contributed by atoms with Gasteiger partial charge in [0.2, 0.25) is 5.91 Å². The van der Waals surface area contributed by atoms with Crippen LogP contribution in [0.25, 0.3) is 0 Å². The van der Waals surface area contributed by atoms with Crippen LogP contribution in [0.4, 0.5) is 4.79 Å². The maximum Gasteiger partial charge on any atom is 0.407 e. The number of rotatable bonds is 5. The highest BCUT2D eigenvalue weighted by Gasteiger charge is 2.15. The summed E-state index contributed by atoms with van der Waals surface area (Å²) in [6.07, 6.45) is 0.0440. The molecule has 0 aliphatic heterocycles. The first-order valence-electron chi connectivity index (χ1n) is 5.94. The van der Waals surface area contributed by atoms with Gasteiger partial charge in [0.1, 0.15) is 5.60 Å². The maximum atomic E-state index is 11.3. The van der Waals surface area contributed by atoms with Crippen LogP contribution in [0.15, 0.2) is 0 Å². The Morgan fingerprint density at radius 1 is 1.12 bits per heavy atom. The van der Waals surface area contributed by atoms with E-state index in [2.05, 4.69) is 10.6 Å². The predicted octanol–water partition coefficient (Wildman–Crippen LogP) is 1.67. The highest BCUT2D eigenvalue weighted by Crippen LogP contribution is 2.05. The number of hydrogen-bond donors (Lipinski definition) is 2. The van der Waals surface area contributed by atoms with E-state index in [1.54, 1.807) is 20.8 Å². The Kier molecular flexibility index (Phi) is 6.61. The summed E-state index contributed by atoms with van der Waals surface area (Å²) in [5.41, 5.74) is -0.495. The van der Waals surface area contributed by atoms with Crippen molar-refractivity contribution >= 4 is 12.0 Å². The van der Waals surface area contributed by atoms with E-state index in [1.807, 2.05) is 13.8 Å². The summed E-state index contributed by atoms with van der Waals surface area (Å²) in [6.45, 7) is 10.2. The number of ether oxygens (including phenoxy) is 1. The van der Waals surface area contributed by atoms with Crippen LogP contribution in [0.5, 0.6) is 0 Å². The van der Waals surface area contributed by atoms with Crippen LogP contribution in [0.2, 0.25) is 0 Å². The van der Waals surface area contributed by atoms with Gasteiger partial charge in [-0.05, 0) is 26.7 Å². The number of nitrogens with one attached hydrogen (secondary N) is 2. The van der Waals surface area contributed by atoms with Gasteiger partial charge in [-0.2, -0.15) is 0 Å². The molecule has 0 fully saturated rings. The SMILES string of the molecule is CC(C)CC(=O)NCCNC(=O)OC(C)(C)C. The maximum absolute atomic E-state index is 11.3. The van der Waals surface area contributed by atoms with Crippen LogP contribution in [-0.4, -0.2) is 30.7 Å². The molecule has 0 saturated heterocycles. The Labute approximate surface area is 103 Å². The van der Waals surface area contributed by atoms with Crippen molar-refractivity contribution in [3.63, 3.8) is 0 Å². The molecule has 5 nitrogen and oxygen atoms in total. The van der Waals surface area contributed by atoms with Crippen LogP contribution in [0.1, 0.15) is 41.0 Å². The molecule has 0 unspecified atom stereocenters. The van der Waals surface area contributed by atoms with Gasteiger partial charge in [0, 0.05) is 19.5 Å². The van der Waals surface area contributed by atoms with Gasteiger partial charge in [0.25, 0.3) is 0 Å². The van der Waals surface area contributed by atoms with Crippen molar-refractivity contribution in [1.29, 1.82) is 0 Å². The molecule has 100 valence electrons.